The zero-order valence-electron chi connectivity index (χ0n) is 17.9. The lowest BCUT2D eigenvalue weighted by Gasteiger charge is -2.25. The van der Waals surface area contributed by atoms with Gasteiger partial charge in [-0.2, -0.15) is 36.3 Å². The second kappa shape index (κ2) is 8.77. The number of hydrogen-bond acceptors (Lipinski definition) is 5. The SMILES string of the molecule is Cc1nc(C(C)N(C)C(=O)c2cc(C(F)(F)F)cc(C(F)(F)F)c2)n(-c2ccc(C#N)cn2)n1. The molecule has 3 rings (SSSR count). The van der Waals surface area contributed by atoms with Crippen molar-refractivity contribution >= 4 is 5.91 Å². The molecule has 0 aliphatic heterocycles. The molecule has 0 aliphatic carbocycles. The smallest absolute Gasteiger partial charge is 0.332 e. The molecule has 0 aliphatic rings. The quantitative estimate of drug-likeness (QED) is 0.503. The number of aromatic nitrogens is 4. The first-order chi connectivity index (χ1) is 15.7. The van der Waals surface area contributed by atoms with Gasteiger partial charge in [0, 0.05) is 18.8 Å². The predicted molar refractivity (Wildman–Crippen MR) is 106 cm³/mol. The van der Waals surface area contributed by atoms with Crippen molar-refractivity contribution in [3.63, 3.8) is 0 Å². The Morgan fingerprint density at radius 1 is 1.09 bits per heavy atom. The zero-order valence-corrected chi connectivity index (χ0v) is 17.9. The molecule has 0 fully saturated rings. The molecule has 1 amide bonds. The lowest BCUT2D eigenvalue weighted by molar-refractivity contribution is -0.143. The van der Waals surface area contributed by atoms with Crippen LogP contribution in [0.3, 0.4) is 0 Å². The average molecular weight is 482 g/mol. The van der Waals surface area contributed by atoms with Gasteiger partial charge in [0.1, 0.15) is 11.9 Å². The Kier molecular flexibility index (Phi) is 6.37. The first kappa shape index (κ1) is 24.7. The fourth-order valence-corrected chi connectivity index (χ4v) is 3.08. The molecule has 0 spiro atoms. The lowest BCUT2D eigenvalue weighted by atomic mass is 10.0. The molecule has 0 bridgehead atoms. The van der Waals surface area contributed by atoms with E-state index < -0.39 is 41.0 Å². The van der Waals surface area contributed by atoms with Crippen LogP contribution >= 0.6 is 0 Å². The Hall–Kier alpha value is -3.95. The molecular formula is C21H16F6N6O. The van der Waals surface area contributed by atoms with Crippen molar-refractivity contribution < 1.29 is 31.1 Å². The van der Waals surface area contributed by atoms with Crippen LogP contribution in [0.1, 0.15) is 51.7 Å². The molecule has 34 heavy (non-hydrogen) atoms. The number of rotatable bonds is 4. The monoisotopic (exact) mass is 482 g/mol. The highest BCUT2D eigenvalue weighted by Crippen LogP contribution is 2.37. The largest absolute Gasteiger partial charge is 0.416 e. The highest BCUT2D eigenvalue weighted by atomic mass is 19.4. The summed E-state index contributed by atoms with van der Waals surface area (Å²) in [5, 5.41) is 13.1. The molecule has 0 saturated heterocycles. The van der Waals surface area contributed by atoms with E-state index in [1.54, 1.807) is 6.92 Å². The van der Waals surface area contributed by atoms with Gasteiger partial charge in [0.15, 0.2) is 11.6 Å². The van der Waals surface area contributed by atoms with Gasteiger partial charge in [-0.25, -0.2) is 9.97 Å². The van der Waals surface area contributed by atoms with Crippen LogP contribution in [0.4, 0.5) is 26.3 Å². The predicted octanol–water partition coefficient (Wildman–Crippen LogP) is 4.71. The van der Waals surface area contributed by atoms with Crippen molar-refractivity contribution in [1.82, 2.24) is 24.6 Å². The number of benzene rings is 1. The van der Waals surface area contributed by atoms with Crippen molar-refractivity contribution in [2.45, 2.75) is 32.2 Å². The molecule has 1 atom stereocenters. The Bertz CT molecular complexity index is 1220. The summed E-state index contributed by atoms with van der Waals surface area (Å²) in [5.41, 5.74) is -3.68. The number of carbonyl (C=O) groups is 1. The van der Waals surface area contributed by atoms with Gasteiger partial charge in [-0.15, -0.1) is 5.10 Å². The van der Waals surface area contributed by atoms with E-state index in [-0.39, 0.29) is 29.1 Å². The minimum absolute atomic E-state index is 0.0449. The van der Waals surface area contributed by atoms with E-state index in [0.717, 1.165) is 4.90 Å². The fraction of sp³-hybridized carbons (Fsp3) is 0.286. The third-order valence-electron chi connectivity index (χ3n) is 4.94. The number of nitriles is 1. The Morgan fingerprint density at radius 2 is 1.68 bits per heavy atom. The van der Waals surface area contributed by atoms with E-state index in [4.69, 9.17) is 5.26 Å². The maximum atomic E-state index is 13.2. The fourth-order valence-electron chi connectivity index (χ4n) is 3.08. The van der Waals surface area contributed by atoms with Crippen LogP contribution in [0.2, 0.25) is 0 Å². The van der Waals surface area contributed by atoms with Gasteiger partial charge in [-0.3, -0.25) is 4.79 Å². The summed E-state index contributed by atoms with van der Waals surface area (Å²) in [6, 6.07) is 4.65. The van der Waals surface area contributed by atoms with Gasteiger partial charge in [0.2, 0.25) is 0 Å². The van der Waals surface area contributed by atoms with E-state index >= 15 is 0 Å². The van der Waals surface area contributed by atoms with Crippen molar-refractivity contribution in [3.8, 4) is 11.9 Å². The maximum absolute atomic E-state index is 13.2. The first-order valence-electron chi connectivity index (χ1n) is 9.59. The van der Waals surface area contributed by atoms with Crippen molar-refractivity contribution in [2.24, 2.45) is 0 Å². The van der Waals surface area contributed by atoms with Crippen molar-refractivity contribution in [1.29, 1.82) is 5.26 Å². The normalized spacial score (nSPS) is 12.8. The van der Waals surface area contributed by atoms with Crippen LogP contribution in [0.5, 0.6) is 0 Å². The van der Waals surface area contributed by atoms with Crippen LogP contribution in [-0.2, 0) is 12.4 Å². The molecule has 0 saturated carbocycles. The second-order valence-corrected chi connectivity index (χ2v) is 7.33. The number of alkyl halides is 6. The summed E-state index contributed by atoms with van der Waals surface area (Å²) >= 11 is 0. The summed E-state index contributed by atoms with van der Waals surface area (Å²) in [7, 11) is 1.22. The highest BCUT2D eigenvalue weighted by molar-refractivity contribution is 5.94. The van der Waals surface area contributed by atoms with Gasteiger partial charge in [-0.1, -0.05) is 0 Å². The standard InChI is InChI=1S/C21H16F6N6O/c1-11(18-30-12(2)31-33(18)17-5-4-13(9-28)10-29-17)32(3)19(34)14-6-15(20(22,23)24)8-16(7-14)21(25,26)27/h4-8,10-11H,1-3H3. The molecule has 1 unspecified atom stereocenters. The zero-order chi connectivity index (χ0) is 25.4. The number of pyridine rings is 1. The number of hydrogen-bond donors (Lipinski definition) is 0. The Labute approximate surface area is 189 Å². The molecule has 7 nitrogen and oxygen atoms in total. The van der Waals surface area contributed by atoms with E-state index in [1.807, 2.05) is 6.07 Å². The van der Waals surface area contributed by atoms with Crippen LogP contribution < -0.4 is 0 Å². The van der Waals surface area contributed by atoms with Crippen LogP contribution in [0, 0.1) is 18.3 Å². The summed E-state index contributed by atoms with van der Waals surface area (Å²) in [6.07, 6.45) is -8.88. The Morgan fingerprint density at radius 3 is 2.15 bits per heavy atom. The Balaban J connectivity index is 2.01. The highest BCUT2D eigenvalue weighted by Gasteiger charge is 2.38. The summed E-state index contributed by atoms with van der Waals surface area (Å²) in [6.45, 7) is 3.04. The number of amides is 1. The molecule has 13 heteroatoms. The number of carbonyl (C=O) groups excluding carboxylic acids is 1. The summed E-state index contributed by atoms with van der Waals surface area (Å²) in [5.74, 6) is -0.384. The molecule has 2 aromatic heterocycles. The molecule has 3 aromatic rings. The van der Waals surface area contributed by atoms with Gasteiger partial charge < -0.3 is 4.90 Å². The average Bonchev–Trinajstić information content (AvgIpc) is 3.17. The van der Waals surface area contributed by atoms with Crippen molar-refractivity contribution in [2.75, 3.05) is 7.05 Å². The van der Waals surface area contributed by atoms with Gasteiger partial charge >= 0.3 is 12.4 Å². The van der Waals surface area contributed by atoms with Crippen LogP contribution in [0.25, 0.3) is 5.82 Å². The third-order valence-corrected chi connectivity index (χ3v) is 4.94. The summed E-state index contributed by atoms with van der Waals surface area (Å²) in [4.78, 5) is 22.2. The van der Waals surface area contributed by atoms with Gasteiger partial charge in [0.05, 0.1) is 22.7 Å². The van der Waals surface area contributed by atoms with E-state index in [1.165, 1.54) is 37.0 Å². The van der Waals surface area contributed by atoms with Crippen molar-refractivity contribution in [3.05, 3.63) is 70.4 Å². The number of halogens is 6. The maximum Gasteiger partial charge on any atom is 0.416 e. The molecule has 0 N–H and O–H groups in total. The van der Waals surface area contributed by atoms with Gasteiger partial charge in [0.25, 0.3) is 5.91 Å². The van der Waals surface area contributed by atoms with Gasteiger partial charge in [-0.05, 0) is 44.2 Å². The van der Waals surface area contributed by atoms with E-state index in [9.17, 15) is 31.1 Å². The molecular weight excluding hydrogens is 466 g/mol. The van der Waals surface area contributed by atoms with Crippen LogP contribution in [-0.4, -0.2) is 37.6 Å². The van der Waals surface area contributed by atoms with E-state index in [0.29, 0.717) is 12.1 Å². The molecule has 0 radical (unpaired) electrons. The summed E-state index contributed by atoms with van der Waals surface area (Å²) < 4.78 is 80.4. The lowest BCUT2D eigenvalue weighted by Crippen LogP contribution is -2.32. The molecule has 2 heterocycles. The van der Waals surface area contributed by atoms with Crippen LogP contribution in [0.15, 0.2) is 36.5 Å². The number of aryl methyl sites for hydroxylation is 1. The minimum Gasteiger partial charge on any atom is -0.332 e. The molecule has 178 valence electrons. The minimum atomic E-state index is -5.08. The number of nitrogens with zero attached hydrogens (tertiary/aromatic N) is 6. The molecule has 1 aromatic carbocycles. The first-order valence-corrected chi connectivity index (χ1v) is 9.59. The third kappa shape index (κ3) is 5.00. The second-order valence-electron chi connectivity index (χ2n) is 7.33. The topological polar surface area (TPSA) is 87.7 Å². The van der Waals surface area contributed by atoms with E-state index in [2.05, 4.69) is 15.1 Å².